The fourth-order valence-corrected chi connectivity index (χ4v) is 3.38. The number of nitrogens with zero attached hydrogens (tertiary/aromatic N) is 1. The van der Waals surface area contributed by atoms with Gasteiger partial charge in [-0.1, -0.05) is 50.2 Å². The first-order valence-corrected chi connectivity index (χ1v) is 10.0. The van der Waals surface area contributed by atoms with Crippen LogP contribution in [0.25, 0.3) is 0 Å². The Morgan fingerprint density at radius 3 is 1.90 bits per heavy atom. The molecule has 2 aromatic rings. The Labute approximate surface area is 173 Å². The monoisotopic (exact) mass is 399 g/mol. The van der Waals surface area contributed by atoms with Gasteiger partial charge in [0.2, 0.25) is 0 Å². The van der Waals surface area contributed by atoms with Gasteiger partial charge in [-0.15, -0.1) is 0 Å². The van der Waals surface area contributed by atoms with E-state index in [1.165, 1.54) is 0 Å². The van der Waals surface area contributed by atoms with E-state index in [-0.39, 0.29) is 35.8 Å². The molecule has 0 aromatic heterocycles. The number of benzene rings is 2. The summed E-state index contributed by atoms with van der Waals surface area (Å²) in [5, 5.41) is 20.5. The van der Waals surface area contributed by atoms with Gasteiger partial charge in [-0.25, -0.2) is 4.79 Å². The Balaban J connectivity index is 2.35. The van der Waals surface area contributed by atoms with E-state index in [1.807, 2.05) is 48.4 Å². The SMILES string of the molecule is CC(ON(C(c1ccc(C(=O)O)cc1)C(C)C)C(C)(C)C)c1ccc(CO)cc1. The van der Waals surface area contributed by atoms with Crippen molar-refractivity contribution in [3.63, 3.8) is 0 Å². The van der Waals surface area contributed by atoms with Crippen molar-refractivity contribution < 1.29 is 19.8 Å². The fraction of sp³-hybridized carbons (Fsp3) is 0.458. The van der Waals surface area contributed by atoms with Crippen molar-refractivity contribution in [3.8, 4) is 0 Å². The Morgan fingerprint density at radius 2 is 1.48 bits per heavy atom. The van der Waals surface area contributed by atoms with Crippen molar-refractivity contribution in [2.75, 3.05) is 0 Å². The van der Waals surface area contributed by atoms with Crippen LogP contribution in [0.3, 0.4) is 0 Å². The lowest BCUT2D eigenvalue weighted by Gasteiger charge is -2.44. The third-order valence-electron chi connectivity index (χ3n) is 4.95. The van der Waals surface area contributed by atoms with Crippen molar-refractivity contribution in [2.24, 2.45) is 5.92 Å². The summed E-state index contributed by atoms with van der Waals surface area (Å²) in [5.41, 5.74) is 2.91. The average Bonchev–Trinajstić information content (AvgIpc) is 2.66. The zero-order valence-electron chi connectivity index (χ0n) is 18.2. The quantitative estimate of drug-likeness (QED) is 0.584. The van der Waals surface area contributed by atoms with Crippen LogP contribution in [0, 0.1) is 5.92 Å². The third-order valence-corrected chi connectivity index (χ3v) is 4.95. The molecule has 0 aliphatic heterocycles. The second-order valence-corrected chi connectivity index (χ2v) is 8.76. The van der Waals surface area contributed by atoms with Gasteiger partial charge in [0.1, 0.15) is 6.10 Å². The summed E-state index contributed by atoms with van der Waals surface area (Å²) >= 11 is 0. The van der Waals surface area contributed by atoms with Crippen LogP contribution in [-0.4, -0.2) is 26.8 Å². The van der Waals surface area contributed by atoms with Crippen molar-refractivity contribution in [3.05, 3.63) is 70.8 Å². The predicted molar refractivity (Wildman–Crippen MR) is 114 cm³/mol. The second kappa shape index (κ2) is 9.53. The van der Waals surface area contributed by atoms with Crippen LogP contribution in [0.4, 0.5) is 0 Å². The van der Waals surface area contributed by atoms with E-state index >= 15 is 0 Å². The van der Waals surface area contributed by atoms with Gasteiger partial charge >= 0.3 is 5.97 Å². The zero-order valence-corrected chi connectivity index (χ0v) is 18.2. The minimum atomic E-state index is -0.929. The van der Waals surface area contributed by atoms with Crippen LogP contribution < -0.4 is 0 Å². The number of hydrogen-bond donors (Lipinski definition) is 2. The van der Waals surface area contributed by atoms with Crippen LogP contribution >= 0.6 is 0 Å². The standard InChI is InChI=1S/C24H33NO4/c1-16(2)22(20-11-13-21(14-12-20)23(27)28)25(24(4,5)6)29-17(3)19-9-7-18(15-26)8-10-19/h7-14,16-17,22,26H,15H2,1-6H3,(H,27,28). The molecule has 2 unspecified atom stereocenters. The largest absolute Gasteiger partial charge is 0.478 e. The minimum Gasteiger partial charge on any atom is -0.478 e. The highest BCUT2D eigenvalue weighted by molar-refractivity contribution is 5.87. The van der Waals surface area contributed by atoms with Crippen molar-refractivity contribution in [1.29, 1.82) is 0 Å². The Kier molecular flexibility index (Phi) is 7.58. The van der Waals surface area contributed by atoms with Crippen molar-refractivity contribution in [1.82, 2.24) is 5.06 Å². The van der Waals surface area contributed by atoms with Crippen molar-refractivity contribution in [2.45, 2.75) is 65.8 Å². The summed E-state index contributed by atoms with van der Waals surface area (Å²) < 4.78 is 0. The summed E-state index contributed by atoms with van der Waals surface area (Å²) in [5.74, 6) is -0.685. The summed E-state index contributed by atoms with van der Waals surface area (Å²) in [6, 6.07) is 14.7. The number of aromatic carboxylic acids is 1. The zero-order chi connectivity index (χ0) is 21.8. The molecule has 2 rings (SSSR count). The number of hydrogen-bond acceptors (Lipinski definition) is 4. The van der Waals surface area contributed by atoms with Gasteiger partial charge in [0.05, 0.1) is 18.2 Å². The molecule has 0 radical (unpaired) electrons. The van der Waals surface area contributed by atoms with Gasteiger partial charge in [-0.3, -0.25) is 4.84 Å². The lowest BCUT2D eigenvalue weighted by Crippen LogP contribution is -2.46. The van der Waals surface area contributed by atoms with E-state index in [2.05, 4.69) is 34.6 Å². The first-order chi connectivity index (χ1) is 13.5. The maximum Gasteiger partial charge on any atom is 0.335 e. The van der Waals surface area contributed by atoms with Crippen molar-refractivity contribution >= 4 is 5.97 Å². The molecular formula is C24H33NO4. The first kappa shape index (κ1) is 23.1. The van der Waals surface area contributed by atoms with Gasteiger partial charge in [0.25, 0.3) is 0 Å². The number of carboxylic acids is 1. The molecule has 0 fully saturated rings. The Morgan fingerprint density at radius 1 is 0.966 bits per heavy atom. The number of aliphatic hydroxyl groups is 1. The van der Waals surface area contributed by atoms with E-state index in [0.29, 0.717) is 0 Å². The normalized spacial score (nSPS) is 14.2. The predicted octanol–water partition coefficient (Wildman–Crippen LogP) is 5.37. The van der Waals surface area contributed by atoms with Crippen LogP contribution in [0.1, 0.15) is 80.7 Å². The molecule has 2 aromatic carbocycles. The molecule has 0 heterocycles. The molecule has 5 heteroatoms. The van der Waals surface area contributed by atoms with Crippen LogP contribution in [0.5, 0.6) is 0 Å². The van der Waals surface area contributed by atoms with Gasteiger partial charge in [-0.05, 0) is 62.4 Å². The molecule has 29 heavy (non-hydrogen) atoms. The molecule has 2 N–H and O–H groups in total. The molecule has 0 amide bonds. The molecule has 0 aliphatic rings. The first-order valence-electron chi connectivity index (χ1n) is 10.0. The Hall–Kier alpha value is -2.21. The Bertz CT molecular complexity index is 791. The summed E-state index contributed by atoms with van der Waals surface area (Å²) in [4.78, 5) is 17.7. The molecule has 158 valence electrons. The molecule has 0 saturated carbocycles. The lowest BCUT2D eigenvalue weighted by atomic mass is 9.91. The van der Waals surface area contributed by atoms with Gasteiger partial charge in [-0.2, -0.15) is 5.06 Å². The molecule has 0 bridgehead atoms. The topological polar surface area (TPSA) is 70.0 Å². The van der Waals surface area contributed by atoms with Crippen LogP contribution in [0.2, 0.25) is 0 Å². The highest BCUT2D eigenvalue weighted by atomic mass is 16.7. The molecule has 0 aliphatic carbocycles. The number of carboxylic acid groups (broad SMARTS) is 1. The summed E-state index contributed by atoms with van der Waals surface area (Å²) in [6.45, 7) is 12.6. The molecule has 0 saturated heterocycles. The number of hydroxylamine groups is 2. The molecule has 0 spiro atoms. The van der Waals surface area contributed by atoms with E-state index in [4.69, 9.17) is 4.84 Å². The average molecular weight is 400 g/mol. The highest BCUT2D eigenvalue weighted by Crippen LogP contribution is 2.37. The summed E-state index contributed by atoms with van der Waals surface area (Å²) in [6.07, 6.45) is -0.179. The number of rotatable bonds is 8. The van der Waals surface area contributed by atoms with Gasteiger partial charge in [0.15, 0.2) is 0 Å². The van der Waals surface area contributed by atoms with E-state index in [0.717, 1.165) is 16.7 Å². The van der Waals surface area contributed by atoms with E-state index in [9.17, 15) is 15.0 Å². The number of aliphatic hydroxyl groups excluding tert-OH is 1. The summed E-state index contributed by atoms with van der Waals surface area (Å²) in [7, 11) is 0. The van der Waals surface area contributed by atoms with Crippen LogP contribution in [0.15, 0.2) is 48.5 Å². The van der Waals surface area contributed by atoms with E-state index < -0.39 is 5.97 Å². The van der Waals surface area contributed by atoms with Gasteiger partial charge in [0, 0.05) is 5.54 Å². The van der Waals surface area contributed by atoms with Gasteiger partial charge < -0.3 is 10.2 Å². The molecule has 2 atom stereocenters. The number of carbonyl (C=O) groups is 1. The maximum absolute atomic E-state index is 11.2. The second-order valence-electron chi connectivity index (χ2n) is 8.76. The fourth-order valence-electron chi connectivity index (χ4n) is 3.38. The van der Waals surface area contributed by atoms with E-state index in [1.54, 1.807) is 12.1 Å². The highest BCUT2D eigenvalue weighted by Gasteiger charge is 2.34. The maximum atomic E-state index is 11.2. The van der Waals surface area contributed by atoms with Crippen LogP contribution in [-0.2, 0) is 11.4 Å². The minimum absolute atomic E-state index is 0.0192. The lowest BCUT2D eigenvalue weighted by molar-refractivity contribution is -0.272. The smallest absolute Gasteiger partial charge is 0.335 e. The molecular weight excluding hydrogens is 366 g/mol. The molecule has 5 nitrogen and oxygen atoms in total. The third kappa shape index (κ3) is 5.89.